The van der Waals surface area contributed by atoms with E-state index < -0.39 is 0 Å². The van der Waals surface area contributed by atoms with Gasteiger partial charge in [-0.1, -0.05) is 19.3 Å². The zero-order chi connectivity index (χ0) is 12.3. The van der Waals surface area contributed by atoms with Gasteiger partial charge in [0.05, 0.1) is 5.56 Å². The van der Waals surface area contributed by atoms with Crippen molar-refractivity contribution >= 4 is 21.6 Å². The summed E-state index contributed by atoms with van der Waals surface area (Å²) in [4.78, 5) is 2.35. The van der Waals surface area contributed by atoms with Crippen molar-refractivity contribution in [2.45, 2.75) is 38.1 Å². The Bertz CT molecular complexity index is 430. The molecule has 17 heavy (non-hydrogen) atoms. The van der Waals surface area contributed by atoms with Crippen LogP contribution in [0, 0.1) is 11.3 Å². The Hall–Kier alpha value is -1.01. The monoisotopic (exact) mass is 292 g/mol. The Morgan fingerprint density at radius 3 is 2.59 bits per heavy atom. The summed E-state index contributed by atoms with van der Waals surface area (Å²) in [6.07, 6.45) is 6.63. The average Bonchev–Trinajstić information content (AvgIpc) is 2.39. The molecule has 0 atom stereocenters. The smallest absolute Gasteiger partial charge is 0.100 e. The van der Waals surface area contributed by atoms with Gasteiger partial charge >= 0.3 is 0 Å². The molecule has 0 unspecified atom stereocenters. The summed E-state index contributed by atoms with van der Waals surface area (Å²) in [5.41, 5.74) is 1.90. The molecule has 0 saturated heterocycles. The van der Waals surface area contributed by atoms with E-state index in [9.17, 15) is 0 Å². The predicted molar refractivity (Wildman–Crippen MR) is 74.1 cm³/mol. The number of anilines is 1. The Labute approximate surface area is 111 Å². The van der Waals surface area contributed by atoms with Crippen molar-refractivity contribution in [3.63, 3.8) is 0 Å². The van der Waals surface area contributed by atoms with Gasteiger partial charge in [-0.25, -0.2) is 0 Å². The highest BCUT2D eigenvalue weighted by molar-refractivity contribution is 9.10. The highest BCUT2D eigenvalue weighted by atomic mass is 79.9. The minimum atomic E-state index is 0.656. The lowest BCUT2D eigenvalue weighted by Gasteiger charge is -2.33. The highest BCUT2D eigenvalue weighted by Gasteiger charge is 2.18. The lowest BCUT2D eigenvalue weighted by atomic mass is 9.94. The SMILES string of the molecule is CN(c1ccc(C#N)c(Br)c1)C1CCCCC1. The third-order valence-corrected chi connectivity index (χ3v) is 4.26. The number of hydrogen-bond acceptors (Lipinski definition) is 2. The third kappa shape index (κ3) is 2.81. The van der Waals surface area contributed by atoms with Crippen LogP contribution in [-0.2, 0) is 0 Å². The predicted octanol–water partition coefficient (Wildman–Crippen LogP) is 4.09. The average molecular weight is 293 g/mol. The molecule has 1 aliphatic rings. The molecule has 3 heteroatoms. The molecule has 1 fully saturated rings. The van der Waals surface area contributed by atoms with Gasteiger partial charge in [0.15, 0.2) is 0 Å². The van der Waals surface area contributed by atoms with E-state index in [1.165, 1.54) is 37.8 Å². The zero-order valence-corrected chi connectivity index (χ0v) is 11.7. The lowest BCUT2D eigenvalue weighted by Crippen LogP contribution is -2.33. The number of hydrogen-bond donors (Lipinski definition) is 0. The summed E-state index contributed by atoms with van der Waals surface area (Å²) in [5.74, 6) is 0. The van der Waals surface area contributed by atoms with Crippen molar-refractivity contribution in [2.75, 3.05) is 11.9 Å². The summed E-state index contributed by atoms with van der Waals surface area (Å²) in [6.45, 7) is 0. The summed E-state index contributed by atoms with van der Waals surface area (Å²) in [5, 5.41) is 8.90. The van der Waals surface area contributed by atoms with Crippen molar-refractivity contribution in [1.82, 2.24) is 0 Å². The maximum absolute atomic E-state index is 8.90. The summed E-state index contributed by atoms with van der Waals surface area (Å²) in [7, 11) is 2.16. The largest absolute Gasteiger partial charge is 0.372 e. The van der Waals surface area contributed by atoms with Crippen molar-refractivity contribution in [3.8, 4) is 6.07 Å². The zero-order valence-electron chi connectivity index (χ0n) is 10.1. The van der Waals surface area contributed by atoms with Crippen molar-refractivity contribution in [2.24, 2.45) is 0 Å². The Kier molecular flexibility index (Phi) is 4.06. The van der Waals surface area contributed by atoms with E-state index in [1.54, 1.807) is 0 Å². The molecule has 2 rings (SSSR count). The molecule has 0 amide bonds. The summed E-state index contributed by atoms with van der Waals surface area (Å²) in [6, 6.07) is 8.81. The lowest BCUT2D eigenvalue weighted by molar-refractivity contribution is 0.427. The van der Waals surface area contributed by atoms with Crippen LogP contribution in [-0.4, -0.2) is 13.1 Å². The van der Waals surface area contributed by atoms with Crippen molar-refractivity contribution in [1.29, 1.82) is 5.26 Å². The van der Waals surface area contributed by atoms with E-state index >= 15 is 0 Å². The van der Waals surface area contributed by atoms with Gasteiger partial charge in [0, 0.05) is 23.2 Å². The molecule has 1 saturated carbocycles. The van der Waals surface area contributed by atoms with Crippen molar-refractivity contribution < 1.29 is 0 Å². The molecule has 90 valence electrons. The van der Waals surface area contributed by atoms with Crippen LogP contribution < -0.4 is 4.90 Å². The van der Waals surface area contributed by atoms with Crippen LogP contribution >= 0.6 is 15.9 Å². The number of nitriles is 1. The summed E-state index contributed by atoms with van der Waals surface area (Å²) < 4.78 is 0.889. The third-order valence-electron chi connectivity index (χ3n) is 3.60. The van der Waals surface area contributed by atoms with Gasteiger partial charge in [-0.05, 0) is 47.0 Å². The quantitative estimate of drug-likeness (QED) is 0.821. The molecular formula is C14H17BrN2. The van der Waals surface area contributed by atoms with E-state index in [0.29, 0.717) is 11.6 Å². The van der Waals surface area contributed by atoms with Crippen LogP contribution in [0.5, 0.6) is 0 Å². The van der Waals surface area contributed by atoms with Gasteiger partial charge in [-0.15, -0.1) is 0 Å². The van der Waals surface area contributed by atoms with E-state index in [-0.39, 0.29) is 0 Å². The van der Waals surface area contributed by atoms with Crippen LogP contribution in [0.3, 0.4) is 0 Å². The van der Waals surface area contributed by atoms with Crippen LogP contribution in [0.2, 0.25) is 0 Å². The van der Waals surface area contributed by atoms with Crippen LogP contribution in [0.25, 0.3) is 0 Å². The van der Waals surface area contributed by atoms with Crippen LogP contribution in [0.1, 0.15) is 37.7 Å². The van der Waals surface area contributed by atoms with Crippen LogP contribution in [0.4, 0.5) is 5.69 Å². The first-order valence-electron chi connectivity index (χ1n) is 6.15. The van der Waals surface area contributed by atoms with E-state index in [1.807, 2.05) is 18.2 Å². The van der Waals surface area contributed by atoms with Gasteiger partial charge in [-0.2, -0.15) is 5.26 Å². The van der Waals surface area contributed by atoms with Crippen LogP contribution in [0.15, 0.2) is 22.7 Å². The molecule has 0 bridgehead atoms. The maximum Gasteiger partial charge on any atom is 0.100 e. The van der Waals surface area contributed by atoms with Gasteiger partial charge < -0.3 is 4.90 Å². The Morgan fingerprint density at radius 1 is 1.29 bits per heavy atom. The van der Waals surface area contributed by atoms with E-state index in [0.717, 1.165) is 4.47 Å². The molecular weight excluding hydrogens is 276 g/mol. The fourth-order valence-electron chi connectivity index (χ4n) is 2.49. The molecule has 0 spiro atoms. The van der Waals surface area contributed by atoms with Gasteiger partial charge in [0.1, 0.15) is 6.07 Å². The summed E-state index contributed by atoms with van der Waals surface area (Å²) >= 11 is 3.45. The van der Waals surface area contributed by atoms with E-state index in [4.69, 9.17) is 5.26 Å². The molecule has 0 N–H and O–H groups in total. The number of rotatable bonds is 2. The molecule has 0 aromatic heterocycles. The number of halogens is 1. The number of nitrogens with zero attached hydrogens (tertiary/aromatic N) is 2. The first kappa shape index (κ1) is 12.4. The molecule has 0 heterocycles. The second-order valence-electron chi connectivity index (χ2n) is 4.68. The molecule has 1 aliphatic carbocycles. The molecule has 0 aliphatic heterocycles. The second-order valence-corrected chi connectivity index (χ2v) is 5.53. The standard InChI is InChI=1S/C14H17BrN2/c1-17(12-5-3-2-4-6-12)13-8-7-11(10-16)14(15)9-13/h7-9,12H,2-6H2,1H3. The topological polar surface area (TPSA) is 27.0 Å². The van der Waals surface area contributed by atoms with Crippen molar-refractivity contribution in [3.05, 3.63) is 28.2 Å². The fourth-order valence-corrected chi connectivity index (χ4v) is 2.95. The normalized spacial score (nSPS) is 16.5. The van der Waals surface area contributed by atoms with E-state index in [2.05, 4.69) is 33.9 Å². The second kappa shape index (κ2) is 5.55. The molecule has 1 aromatic carbocycles. The Balaban J connectivity index is 2.16. The fraction of sp³-hybridized carbons (Fsp3) is 0.500. The molecule has 2 nitrogen and oxygen atoms in total. The molecule has 1 aromatic rings. The Morgan fingerprint density at radius 2 is 2.00 bits per heavy atom. The van der Waals surface area contributed by atoms with Gasteiger partial charge in [0.2, 0.25) is 0 Å². The van der Waals surface area contributed by atoms with Gasteiger partial charge in [-0.3, -0.25) is 0 Å². The maximum atomic E-state index is 8.90. The first-order chi connectivity index (χ1) is 8.22. The molecule has 0 radical (unpaired) electrons. The van der Waals surface area contributed by atoms with Gasteiger partial charge in [0.25, 0.3) is 0 Å². The first-order valence-corrected chi connectivity index (χ1v) is 6.94. The minimum Gasteiger partial charge on any atom is -0.372 e. The highest BCUT2D eigenvalue weighted by Crippen LogP contribution is 2.28. The number of benzene rings is 1. The minimum absolute atomic E-state index is 0.656.